The molecule has 26 heavy (non-hydrogen) atoms. The van der Waals surface area contributed by atoms with Gasteiger partial charge in [-0.05, 0) is 44.9 Å². The number of nitrogens with zero attached hydrogens (tertiary/aromatic N) is 3. The summed E-state index contributed by atoms with van der Waals surface area (Å²) in [6.07, 6.45) is 2.72. The van der Waals surface area contributed by atoms with Gasteiger partial charge in [0.15, 0.2) is 0 Å². The monoisotopic (exact) mass is 355 g/mol. The van der Waals surface area contributed by atoms with Gasteiger partial charge in [-0.25, -0.2) is 0 Å². The quantitative estimate of drug-likeness (QED) is 0.896. The maximum absolute atomic E-state index is 13.3. The van der Waals surface area contributed by atoms with Crippen LogP contribution in [-0.4, -0.2) is 65.1 Å². The average Bonchev–Trinajstić information content (AvgIpc) is 2.67. The van der Waals surface area contributed by atoms with Crippen molar-refractivity contribution in [2.75, 3.05) is 33.3 Å². The minimum atomic E-state index is 0.124. The first-order chi connectivity index (χ1) is 12.6. The van der Waals surface area contributed by atoms with E-state index in [1.807, 2.05) is 43.1 Å². The molecule has 2 heterocycles. The van der Waals surface area contributed by atoms with Crippen LogP contribution < -0.4 is 0 Å². The third kappa shape index (κ3) is 3.60. The topological polar surface area (TPSA) is 56.7 Å². The summed E-state index contributed by atoms with van der Waals surface area (Å²) < 4.78 is 0. The predicted octanol–water partition coefficient (Wildman–Crippen LogP) is 2.63. The van der Waals surface area contributed by atoms with Crippen molar-refractivity contribution >= 4 is 16.8 Å². The molecule has 0 bridgehead atoms. The molecule has 1 aliphatic rings. The Bertz CT molecular complexity index is 782. The Balaban J connectivity index is 1.86. The lowest BCUT2D eigenvalue weighted by atomic mass is 9.97. The number of hydrogen-bond donors (Lipinski definition) is 1. The number of amides is 1. The Morgan fingerprint density at radius 3 is 2.65 bits per heavy atom. The Labute approximate surface area is 155 Å². The van der Waals surface area contributed by atoms with Gasteiger partial charge in [-0.2, -0.15) is 0 Å². The molecule has 1 fully saturated rings. The van der Waals surface area contributed by atoms with E-state index in [9.17, 15) is 4.79 Å². The van der Waals surface area contributed by atoms with Crippen molar-refractivity contribution in [3.05, 3.63) is 41.1 Å². The highest BCUT2D eigenvalue weighted by Gasteiger charge is 2.28. The molecule has 5 heteroatoms. The lowest BCUT2D eigenvalue weighted by Crippen LogP contribution is -2.46. The van der Waals surface area contributed by atoms with E-state index in [0.29, 0.717) is 12.6 Å². The van der Waals surface area contributed by atoms with Gasteiger partial charge in [0.25, 0.3) is 5.91 Å². The molecule has 5 nitrogen and oxygen atoms in total. The number of pyridine rings is 1. The number of fused-ring (bicyclic) bond motifs is 1. The zero-order valence-corrected chi connectivity index (χ0v) is 16.0. The summed E-state index contributed by atoms with van der Waals surface area (Å²) in [4.78, 5) is 22.3. The van der Waals surface area contributed by atoms with Gasteiger partial charge < -0.3 is 14.9 Å². The number of benzene rings is 1. The van der Waals surface area contributed by atoms with Crippen molar-refractivity contribution in [1.29, 1.82) is 0 Å². The Hall–Kier alpha value is -1.98. The smallest absolute Gasteiger partial charge is 0.254 e. The highest BCUT2D eigenvalue weighted by Crippen LogP contribution is 2.26. The van der Waals surface area contributed by atoms with Crippen molar-refractivity contribution < 1.29 is 9.90 Å². The molecule has 1 aromatic heterocycles. The van der Waals surface area contributed by atoms with Gasteiger partial charge in [0.05, 0.1) is 17.7 Å². The third-order valence-electron chi connectivity index (χ3n) is 5.61. The van der Waals surface area contributed by atoms with Crippen LogP contribution >= 0.6 is 0 Å². The van der Waals surface area contributed by atoms with Gasteiger partial charge in [0.1, 0.15) is 0 Å². The molecule has 0 aliphatic carbocycles. The Kier molecular flexibility index (Phi) is 5.89. The number of aliphatic hydroxyl groups is 1. The minimum absolute atomic E-state index is 0.124. The van der Waals surface area contributed by atoms with Gasteiger partial charge >= 0.3 is 0 Å². The van der Waals surface area contributed by atoms with Crippen LogP contribution in [0.3, 0.4) is 0 Å². The highest BCUT2D eigenvalue weighted by atomic mass is 16.3. The van der Waals surface area contributed by atoms with Crippen molar-refractivity contribution in [3.8, 4) is 0 Å². The second-order valence-corrected chi connectivity index (χ2v) is 7.16. The van der Waals surface area contributed by atoms with E-state index < -0.39 is 0 Å². The fourth-order valence-corrected chi connectivity index (χ4v) is 3.99. The molecule has 3 rings (SSSR count). The zero-order chi connectivity index (χ0) is 18.7. The number of likely N-dealkylation sites (N-methyl/N-ethyl adjacent to an activating group) is 1. The molecule has 1 aliphatic heterocycles. The van der Waals surface area contributed by atoms with E-state index in [2.05, 4.69) is 11.8 Å². The molecule has 1 N–H and O–H groups in total. The Morgan fingerprint density at radius 2 is 2.00 bits per heavy atom. The van der Waals surface area contributed by atoms with Gasteiger partial charge in [-0.1, -0.05) is 25.1 Å². The Morgan fingerprint density at radius 1 is 1.31 bits per heavy atom. The summed E-state index contributed by atoms with van der Waals surface area (Å²) >= 11 is 0. The number of aliphatic hydroxyl groups excluding tert-OH is 1. The molecular formula is C21H29N3O2. The first kappa shape index (κ1) is 18.8. The van der Waals surface area contributed by atoms with Crippen molar-refractivity contribution in [2.24, 2.45) is 0 Å². The summed E-state index contributed by atoms with van der Waals surface area (Å²) in [5.41, 5.74) is 3.73. The molecule has 1 saturated heterocycles. The summed E-state index contributed by atoms with van der Waals surface area (Å²) in [5.74, 6) is 0.124. The molecule has 0 spiro atoms. The molecule has 1 amide bonds. The number of carbonyl (C=O) groups is 1. The fraction of sp³-hybridized carbons (Fsp3) is 0.524. The van der Waals surface area contributed by atoms with Crippen molar-refractivity contribution in [1.82, 2.24) is 14.8 Å². The number of rotatable bonds is 5. The number of para-hydroxylation sites is 1. The number of hydrogen-bond acceptors (Lipinski definition) is 4. The molecule has 140 valence electrons. The largest absolute Gasteiger partial charge is 0.395 e. The van der Waals surface area contributed by atoms with Gasteiger partial charge in [0.2, 0.25) is 0 Å². The number of aromatic nitrogens is 1. The molecular weight excluding hydrogens is 326 g/mol. The highest BCUT2D eigenvalue weighted by molar-refractivity contribution is 6.07. The SMILES string of the molecule is CCc1nc2ccccc2c(C(=O)N2CCC(N(C)CCO)CC2)c1C. The van der Waals surface area contributed by atoms with Gasteiger partial charge in [0, 0.05) is 36.8 Å². The van der Waals surface area contributed by atoms with Crippen LogP contribution in [0.1, 0.15) is 41.4 Å². The van der Waals surface area contributed by atoms with Gasteiger partial charge in [-0.3, -0.25) is 9.78 Å². The molecule has 0 saturated carbocycles. The fourth-order valence-electron chi connectivity index (χ4n) is 3.99. The van der Waals surface area contributed by atoms with E-state index in [4.69, 9.17) is 10.1 Å². The normalized spacial score (nSPS) is 15.8. The summed E-state index contributed by atoms with van der Waals surface area (Å²) in [6.45, 7) is 6.49. The molecule has 1 aromatic carbocycles. The lowest BCUT2D eigenvalue weighted by Gasteiger charge is -2.37. The van der Waals surface area contributed by atoms with Crippen molar-refractivity contribution in [3.63, 3.8) is 0 Å². The number of piperidine rings is 1. The number of aryl methyl sites for hydroxylation is 1. The molecule has 0 atom stereocenters. The van der Waals surface area contributed by atoms with E-state index in [1.54, 1.807) is 0 Å². The minimum Gasteiger partial charge on any atom is -0.395 e. The van der Waals surface area contributed by atoms with Gasteiger partial charge in [-0.15, -0.1) is 0 Å². The third-order valence-corrected chi connectivity index (χ3v) is 5.61. The molecule has 0 radical (unpaired) electrons. The maximum atomic E-state index is 13.3. The van der Waals surface area contributed by atoms with Crippen LogP contribution in [0.15, 0.2) is 24.3 Å². The van der Waals surface area contributed by atoms with Crippen LogP contribution in [0.2, 0.25) is 0 Å². The standard InChI is InChI=1S/C21H29N3O2/c1-4-18-15(2)20(17-7-5-6-8-19(17)22-18)21(26)24-11-9-16(10-12-24)23(3)13-14-25/h5-8,16,25H,4,9-14H2,1-3H3. The van der Waals surface area contributed by atoms with Crippen LogP contribution in [-0.2, 0) is 6.42 Å². The van der Waals surface area contributed by atoms with E-state index in [-0.39, 0.29) is 12.5 Å². The number of likely N-dealkylation sites (tertiary alicyclic amines) is 1. The molecule has 2 aromatic rings. The summed E-state index contributed by atoms with van der Waals surface area (Å²) in [6, 6.07) is 8.38. The van der Waals surface area contributed by atoms with E-state index >= 15 is 0 Å². The van der Waals surface area contributed by atoms with Crippen LogP contribution in [0.4, 0.5) is 0 Å². The lowest BCUT2D eigenvalue weighted by molar-refractivity contribution is 0.0629. The van der Waals surface area contributed by atoms with Crippen LogP contribution in [0, 0.1) is 6.92 Å². The average molecular weight is 355 g/mol. The van der Waals surface area contributed by atoms with E-state index in [1.165, 1.54) is 0 Å². The summed E-state index contributed by atoms with van der Waals surface area (Å²) in [7, 11) is 2.05. The zero-order valence-electron chi connectivity index (χ0n) is 16.0. The van der Waals surface area contributed by atoms with Crippen molar-refractivity contribution in [2.45, 2.75) is 39.2 Å². The molecule has 0 unspecified atom stereocenters. The van der Waals surface area contributed by atoms with E-state index in [0.717, 1.165) is 60.1 Å². The summed E-state index contributed by atoms with van der Waals surface area (Å²) in [5, 5.41) is 10.1. The second kappa shape index (κ2) is 8.14. The van der Waals surface area contributed by atoms with Crippen LogP contribution in [0.5, 0.6) is 0 Å². The first-order valence-electron chi connectivity index (χ1n) is 9.55. The second-order valence-electron chi connectivity index (χ2n) is 7.16. The predicted molar refractivity (Wildman–Crippen MR) is 104 cm³/mol. The van der Waals surface area contributed by atoms with Crippen LogP contribution in [0.25, 0.3) is 10.9 Å². The maximum Gasteiger partial charge on any atom is 0.254 e. The first-order valence-corrected chi connectivity index (χ1v) is 9.55. The number of carbonyl (C=O) groups excluding carboxylic acids is 1.